The molecule has 0 atom stereocenters. The largest absolute Gasteiger partial charge is 0.493 e. The van der Waals surface area contributed by atoms with Crippen LogP contribution in [0.15, 0.2) is 42.5 Å². The van der Waals surface area contributed by atoms with Crippen molar-refractivity contribution in [2.45, 2.75) is 13.5 Å². The van der Waals surface area contributed by atoms with E-state index in [4.69, 9.17) is 9.47 Å². The van der Waals surface area contributed by atoms with E-state index in [0.29, 0.717) is 23.7 Å². The predicted octanol–water partition coefficient (Wildman–Crippen LogP) is 3.95. The average molecular weight is 337 g/mol. The van der Waals surface area contributed by atoms with Gasteiger partial charge in [0.25, 0.3) is 5.91 Å². The molecule has 1 amide bonds. The van der Waals surface area contributed by atoms with Crippen molar-refractivity contribution in [3.05, 3.63) is 48.0 Å². The first-order valence-corrected chi connectivity index (χ1v) is 7.21. The van der Waals surface area contributed by atoms with Crippen molar-refractivity contribution in [3.63, 3.8) is 0 Å². The number of anilines is 1. The number of benzene rings is 2. The van der Waals surface area contributed by atoms with Gasteiger partial charge in [0.15, 0.2) is 11.5 Å². The normalized spacial score (nSPS) is 10.4. The van der Waals surface area contributed by atoms with Crippen LogP contribution in [-0.2, 0) is 0 Å². The topological polar surface area (TPSA) is 56.8 Å². The Morgan fingerprint density at radius 2 is 1.88 bits per heavy atom. The van der Waals surface area contributed by atoms with E-state index >= 15 is 0 Å². The van der Waals surface area contributed by atoms with Crippen LogP contribution in [0, 0.1) is 0 Å². The van der Waals surface area contributed by atoms with Gasteiger partial charge in [-0.25, -0.2) is 0 Å². The van der Waals surface area contributed by atoms with Gasteiger partial charge in [-0.05, 0) is 37.3 Å². The first kappa shape index (κ1) is 17.5. The molecular weight excluding hydrogens is 320 g/mol. The first-order chi connectivity index (χ1) is 11.5. The van der Waals surface area contributed by atoms with Crippen LogP contribution in [0.25, 0.3) is 0 Å². The van der Waals surface area contributed by atoms with E-state index < -0.39 is 12.5 Å². The lowest BCUT2D eigenvalue weighted by atomic mass is 10.1. The molecule has 0 aliphatic rings. The highest BCUT2D eigenvalue weighted by atomic mass is 19.3. The summed E-state index contributed by atoms with van der Waals surface area (Å²) in [4.78, 5) is 12.3. The number of amides is 1. The van der Waals surface area contributed by atoms with Crippen LogP contribution in [0.4, 0.5) is 14.5 Å². The number of halogens is 2. The highest BCUT2D eigenvalue weighted by Gasteiger charge is 2.14. The zero-order valence-electron chi connectivity index (χ0n) is 13.2. The summed E-state index contributed by atoms with van der Waals surface area (Å²) >= 11 is 0. The molecule has 0 heterocycles. The monoisotopic (exact) mass is 337 g/mol. The van der Waals surface area contributed by atoms with E-state index in [2.05, 4.69) is 10.1 Å². The minimum Gasteiger partial charge on any atom is -0.493 e. The Bertz CT molecular complexity index is 707. The molecule has 0 bridgehead atoms. The molecular formula is C17H17F2NO4. The lowest BCUT2D eigenvalue weighted by Crippen LogP contribution is -2.14. The molecule has 0 unspecified atom stereocenters. The molecule has 2 aromatic carbocycles. The fourth-order valence-corrected chi connectivity index (χ4v) is 2.05. The SMILES string of the molecule is CCOc1ccc(C(=O)Nc2ccccc2OC(F)F)cc1OC. The molecule has 0 spiro atoms. The standard InChI is InChI=1S/C17H17F2NO4/c1-3-23-14-9-8-11(10-15(14)22-2)16(21)20-12-6-4-5-7-13(12)24-17(18)19/h4-10,17H,3H2,1-2H3,(H,20,21). The van der Waals surface area contributed by atoms with Gasteiger partial charge in [-0.2, -0.15) is 8.78 Å². The van der Waals surface area contributed by atoms with Crippen molar-refractivity contribution >= 4 is 11.6 Å². The molecule has 24 heavy (non-hydrogen) atoms. The lowest BCUT2D eigenvalue weighted by Gasteiger charge is -2.13. The number of para-hydroxylation sites is 2. The zero-order valence-corrected chi connectivity index (χ0v) is 13.2. The summed E-state index contributed by atoms with van der Waals surface area (Å²) in [6, 6.07) is 10.6. The van der Waals surface area contributed by atoms with Crippen molar-refractivity contribution in [2.24, 2.45) is 0 Å². The number of nitrogens with one attached hydrogen (secondary N) is 1. The minimum atomic E-state index is -2.98. The van der Waals surface area contributed by atoms with E-state index in [9.17, 15) is 13.6 Å². The highest BCUT2D eigenvalue weighted by Crippen LogP contribution is 2.30. The number of alkyl halides is 2. The molecule has 0 saturated carbocycles. The Morgan fingerprint density at radius 3 is 2.54 bits per heavy atom. The number of methoxy groups -OCH3 is 1. The summed E-state index contributed by atoms with van der Waals surface area (Å²) < 4.78 is 39.8. The van der Waals surface area contributed by atoms with Crippen LogP contribution in [0.5, 0.6) is 17.2 Å². The third-order valence-corrected chi connectivity index (χ3v) is 3.08. The molecule has 5 nitrogen and oxygen atoms in total. The Balaban J connectivity index is 2.21. The number of rotatable bonds is 7. The lowest BCUT2D eigenvalue weighted by molar-refractivity contribution is -0.0493. The van der Waals surface area contributed by atoms with Crippen molar-refractivity contribution in [3.8, 4) is 17.2 Å². The number of carbonyl (C=O) groups excluding carboxylic acids is 1. The summed E-state index contributed by atoms with van der Waals surface area (Å²) in [7, 11) is 1.46. The predicted molar refractivity (Wildman–Crippen MR) is 85.2 cm³/mol. The molecule has 0 aliphatic heterocycles. The van der Waals surface area contributed by atoms with E-state index in [0.717, 1.165) is 0 Å². The highest BCUT2D eigenvalue weighted by molar-refractivity contribution is 6.05. The second kappa shape index (κ2) is 8.14. The molecule has 0 radical (unpaired) electrons. The molecule has 7 heteroatoms. The maximum absolute atomic E-state index is 12.4. The zero-order chi connectivity index (χ0) is 17.5. The summed E-state index contributed by atoms with van der Waals surface area (Å²) in [5.41, 5.74) is 0.442. The summed E-state index contributed by atoms with van der Waals surface area (Å²) in [6.45, 7) is -0.686. The summed E-state index contributed by atoms with van der Waals surface area (Å²) in [5.74, 6) is 0.319. The molecule has 1 N–H and O–H groups in total. The van der Waals surface area contributed by atoms with Crippen molar-refractivity contribution < 1.29 is 27.8 Å². The molecule has 0 fully saturated rings. The van der Waals surface area contributed by atoms with Crippen molar-refractivity contribution in [2.75, 3.05) is 19.0 Å². The van der Waals surface area contributed by atoms with Gasteiger partial charge in [0.1, 0.15) is 5.75 Å². The van der Waals surface area contributed by atoms with Gasteiger partial charge in [-0.15, -0.1) is 0 Å². The quantitative estimate of drug-likeness (QED) is 0.831. The maximum atomic E-state index is 12.4. The minimum absolute atomic E-state index is 0.112. The molecule has 0 aromatic heterocycles. The van der Waals surface area contributed by atoms with E-state index in [1.165, 1.54) is 31.4 Å². The van der Waals surface area contributed by atoms with E-state index in [-0.39, 0.29) is 11.4 Å². The van der Waals surface area contributed by atoms with Crippen molar-refractivity contribution in [1.82, 2.24) is 0 Å². The van der Waals surface area contributed by atoms with Gasteiger partial charge < -0.3 is 19.5 Å². The fraction of sp³-hybridized carbons (Fsp3) is 0.235. The van der Waals surface area contributed by atoms with Gasteiger partial charge in [0.2, 0.25) is 0 Å². The fourth-order valence-electron chi connectivity index (χ4n) is 2.05. The Hall–Kier alpha value is -2.83. The number of hydrogen-bond donors (Lipinski definition) is 1. The van der Waals surface area contributed by atoms with Crippen LogP contribution >= 0.6 is 0 Å². The van der Waals surface area contributed by atoms with Gasteiger partial charge >= 0.3 is 6.61 Å². The van der Waals surface area contributed by atoms with E-state index in [1.807, 2.05) is 6.92 Å². The third-order valence-electron chi connectivity index (χ3n) is 3.08. The van der Waals surface area contributed by atoms with Crippen molar-refractivity contribution in [1.29, 1.82) is 0 Å². The summed E-state index contributed by atoms with van der Waals surface area (Å²) in [5, 5.41) is 2.54. The van der Waals surface area contributed by atoms with Gasteiger partial charge in [-0.1, -0.05) is 12.1 Å². The second-order valence-electron chi connectivity index (χ2n) is 4.63. The number of ether oxygens (including phenoxy) is 3. The number of carbonyl (C=O) groups is 1. The van der Waals surface area contributed by atoms with Gasteiger partial charge in [0.05, 0.1) is 19.4 Å². The van der Waals surface area contributed by atoms with Crippen LogP contribution < -0.4 is 19.5 Å². The summed E-state index contributed by atoms with van der Waals surface area (Å²) in [6.07, 6.45) is 0. The van der Waals surface area contributed by atoms with E-state index in [1.54, 1.807) is 18.2 Å². The molecule has 128 valence electrons. The maximum Gasteiger partial charge on any atom is 0.387 e. The van der Waals surface area contributed by atoms with Gasteiger partial charge in [0, 0.05) is 5.56 Å². The van der Waals surface area contributed by atoms with Crippen LogP contribution in [0.3, 0.4) is 0 Å². The Labute approximate surface area is 138 Å². The average Bonchev–Trinajstić information content (AvgIpc) is 2.56. The smallest absolute Gasteiger partial charge is 0.387 e. The molecule has 0 aliphatic carbocycles. The second-order valence-corrected chi connectivity index (χ2v) is 4.63. The molecule has 2 aromatic rings. The van der Waals surface area contributed by atoms with Crippen LogP contribution in [0.1, 0.15) is 17.3 Å². The Morgan fingerprint density at radius 1 is 1.12 bits per heavy atom. The number of hydrogen-bond acceptors (Lipinski definition) is 4. The third kappa shape index (κ3) is 4.34. The molecule has 0 saturated heterocycles. The van der Waals surface area contributed by atoms with Crippen LogP contribution in [0.2, 0.25) is 0 Å². The Kier molecular flexibility index (Phi) is 5.95. The first-order valence-electron chi connectivity index (χ1n) is 7.21. The molecule has 2 rings (SSSR count). The van der Waals surface area contributed by atoms with Crippen LogP contribution in [-0.4, -0.2) is 26.2 Å². The van der Waals surface area contributed by atoms with Gasteiger partial charge in [-0.3, -0.25) is 4.79 Å².